The van der Waals surface area contributed by atoms with E-state index in [0.717, 1.165) is 0 Å². The Morgan fingerprint density at radius 3 is 2.71 bits per heavy atom. The van der Waals surface area contributed by atoms with Crippen LogP contribution in [0.2, 0.25) is 0 Å². The summed E-state index contributed by atoms with van der Waals surface area (Å²) in [5.41, 5.74) is 1.11. The molecular formula is C14H14N2O5. The number of rotatable bonds is 5. The Balaban J connectivity index is 2.37. The highest BCUT2D eigenvalue weighted by Gasteiger charge is 2.18. The number of hydrogen-bond acceptors (Lipinski definition) is 6. The minimum Gasteiger partial charge on any atom is -0.496 e. The quantitative estimate of drug-likeness (QED) is 0.671. The Labute approximate surface area is 120 Å². The molecule has 7 heteroatoms. The van der Waals surface area contributed by atoms with Gasteiger partial charge in [0.25, 0.3) is 0 Å². The van der Waals surface area contributed by atoms with Crippen molar-refractivity contribution in [3.8, 4) is 17.4 Å². The second kappa shape index (κ2) is 6.19. The van der Waals surface area contributed by atoms with Crippen LogP contribution in [0.1, 0.15) is 11.1 Å². The highest BCUT2D eigenvalue weighted by molar-refractivity contribution is 5.52. The molecule has 1 N–H and O–H groups in total. The molecule has 0 unspecified atom stereocenters. The van der Waals surface area contributed by atoms with Gasteiger partial charge in [-0.1, -0.05) is 0 Å². The fourth-order valence-electron chi connectivity index (χ4n) is 1.77. The number of nitrogens with zero attached hydrogens (tertiary/aromatic N) is 2. The molecule has 0 radical (unpaired) electrons. The maximum Gasteiger partial charge on any atom is 0.315 e. The van der Waals surface area contributed by atoms with Crippen LogP contribution in [0, 0.1) is 17.0 Å². The van der Waals surface area contributed by atoms with Crippen molar-refractivity contribution in [3.05, 3.63) is 51.7 Å². The fourth-order valence-corrected chi connectivity index (χ4v) is 1.77. The van der Waals surface area contributed by atoms with Gasteiger partial charge in [0.05, 0.1) is 24.7 Å². The van der Waals surface area contributed by atoms with Crippen LogP contribution in [0.25, 0.3) is 0 Å². The lowest BCUT2D eigenvalue weighted by Gasteiger charge is -2.09. The number of nitro benzene ring substituents is 1. The van der Waals surface area contributed by atoms with Gasteiger partial charge in [0, 0.05) is 11.8 Å². The molecule has 0 atom stereocenters. The van der Waals surface area contributed by atoms with E-state index in [0.29, 0.717) is 16.9 Å². The van der Waals surface area contributed by atoms with Crippen molar-refractivity contribution < 1.29 is 19.5 Å². The molecule has 1 aromatic heterocycles. The summed E-state index contributed by atoms with van der Waals surface area (Å²) in [6.45, 7) is 1.62. The smallest absolute Gasteiger partial charge is 0.315 e. The number of pyridine rings is 1. The van der Waals surface area contributed by atoms with E-state index in [1.54, 1.807) is 19.1 Å². The number of methoxy groups -OCH3 is 1. The molecule has 0 aliphatic rings. The summed E-state index contributed by atoms with van der Waals surface area (Å²) in [6.07, 6.45) is 1.46. The number of ether oxygens (including phenoxy) is 2. The van der Waals surface area contributed by atoms with Gasteiger partial charge in [0.15, 0.2) is 0 Å². The molecule has 0 saturated heterocycles. The maximum absolute atomic E-state index is 11.1. The SMILES string of the molecule is COc1ccc(Oc2ncc(CO)cc2C)c([N+](=O)[O-])c1. The van der Waals surface area contributed by atoms with Gasteiger partial charge in [0.2, 0.25) is 11.6 Å². The monoisotopic (exact) mass is 290 g/mol. The molecule has 1 aromatic carbocycles. The standard InChI is InChI=1S/C14H14N2O5/c1-9-5-10(8-17)7-15-14(9)21-13-4-3-11(20-2)6-12(13)16(18)19/h3-7,17H,8H2,1-2H3. The molecule has 0 amide bonds. The minimum atomic E-state index is -0.546. The first-order valence-corrected chi connectivity index (χ1v) is 6.12. The van der Waals surface area contributed by atoms with E-state index in [9.17, 15) is 10.1 Å². The molecule has 2 rings (SSSR count). The summed E-state index contributed by atoms with van der Waals surface area (Å²) in [6, 6.07) is 6.02. The molecule has 7 nitrogen and oxygen atoms in total. The molecule has 2 aromatic rings. The van der Waals surface area contributed by atoms with Crippen molar-refractivity contribution in [2.45, 2.75) is 13.5 Å². The first-order chi connectivity index (χ1) is 10.0. The summed E-state index contributed by atoms with van der Waals surface area (Å²) in [4.78, 5) is 14.6. The number of aromatic nitrogens is 1. The zero-order chi connectivity index (χ0) is 15.4. The van der Waals surface area contributed by atoms with Crippen LogP contribution >= 0.6 is 0 Å². The Hall–Kier alpha value is -2.67. The van der Waals surface area contributed by atoms with Gasteiger partial charge in [0.1, 0.15) is 5.75 Å². The Kier molecular flexibility index (Phi) is 4.34. The molecule has 21 heavy (non-hydrogen) atoms. The molecule has 110 valence electrons. The topological polar surface area (TPSA) is 94.7 Å². The van der Waals surface area contributed by atoms with E-state index < -0.39 is 4.92 Å². The fraction of sp³-hybridized carbons (Fsp3) is 0.214. The summed E-state index contributed by atoms with van der Waals surface area (Å²) in [7, 11) is 1.43. The van der Waals surface area contributed by atoms with E-state index in [1.165, 1.54) is 25.4 Å². The largest absolute Gasteiger partial charge is 0.496 e. The maximum atomic E-state index is 11.1. The second-order valence-corrected chi connectivity index (χ2v) is 4.32. The van der Waals surface area contributed by atoms with Crippen molar-refractivity contribution >= 4 is 5.69 Å². The number of benzene rings is 1. The lowest BCUT2D eigenvalue weighted by atomic mass is 10.2. The van der Waals surface area contributed by atoms with Crippen molar-refractivity contribution in [2.75, 3.05) is 7.11 Å². The summed E-state index contributed by atoms with van der Waals surface area (Å²) in [5.74, 6) is 0.697. The van der Waals surface area contributed by atoms with Gasteiger partial charge < -0.3 is 14.6 Å². The summed E-state index contributed by atoms with van der Waals surface area (Å²) >= 11 is 0. The Morgan fingerprint density at radius 1 is 1.38 bits per heavy atom. The lowest BCUT2D eigenvalue weighted by molar-refractivity contribution is -0.385. The lowest BCUT2D eigenvalue weighted by Crippen LogP contribution is -1.98. The second-order valence-electron chi connectivity index (χ2n) is 4.32. The van der Waals surface area contributed by atoms with Crippen LogP contribution in [0.5, 0.6) is 17.4 Å². The number of hydrogen-bond donors (Lipinski definition) is 1. The zero-order valence-electron chi connectivity index (χ0n) is 11.6. The first kappa shape index (κ1) is 14.7. The molecule has 0 saturated carbocycles. The highest BCUT2D eigenvalue weighted by atomic mass is 16.6. The van der Waals surface area contributed by atoms with Crippen LogP contribution in [0.3, 0.4) is 0 Å². The van der Waals surface area contributed by atoms with E-state index in [-0.39, 0.29) is 23.9 Å². The van der Waals surface area contributed by atoms with Crippen LogP contribution in [0.4, 0.5) is 5.69 Å². The van der Waals surface area contributed by atoms with Crippen LogP contribution in [0.15, 0.2) is 30.5 Å². The molecule has 0 spiro atoms. The third-order valence-corrected chi connectivity index (χ3v) is 2.84. The molecular weight excluding hydrogens is 276 g/mol. The van der Waals surface area contributed by atoms with Gasteiger partial charge >= 0.3 is 5.69 Å². The minimum absolute atomic E-state index is 0.0770. The predicted octanol–water partition coefficient (Wildman–Crippen LogP) is 2.59. The van der Waals surface area contributed by atoms with E-state index in [4.69, 9.17) is 14.6 Å². The predicted molar refractivity (Wildman–Crippen MR) is 74.6 cm³/mol. The highest BCUT2D eigenvalue weighted by Crippen LogP contribution is 2.34. The van der Waals surface area contributed by atoms with E-state index in [2.05, 4.69) is 4.98 Å². The number of nitro groups is 1. The molecule has 1 heterocycles. The average Bonchev–Trinajstić information content (AvgIpc) is 2.49. The van der Waals surface area contributed by atoms with E-state index >= 15 is 0 Å². The Morgan fingerprint density at radius 2 is 2.14 bits per heavy atom. The van der Waals surface area contributed by atoms with Crippen molar-refractivity contribution in [2.24, 2.45) is 0 Å². The van der Waals surface area contributed by atoms with Crippen LogP contribution in [-0.4, -0.2) is 22.1 Å². The number of aryl methyl sites for hydroxylation is 1. The van der Waals surface area contributed by atoms with Crippen LogP contribution < -0.4 is 9.47 Å². The molecule has 0 aliphatic heterocycles. The molecule has 0 aliphatic carbocycles. The summed E-state index contributed by atoms with van der Waals surface area (Å²) < 4.78 is 10.5. The van der Waals surface area contributed by atoms with Gasteiger partial charge in [-0.15, -0.1) is 0 Å². The third-order valence-electron chi connectivity index (χ3n) is 2.84. The molecule has 0 fully saturated rings. The molecule has 0 bridgehead atoms. The normalized spacial score (nSPS) is 10.2. The third kappa shape index (κ3) is 3.26. The Bertz CT molecular complexity index is 672. The average molecular weight is 290 g/mol. The number of aliphatic hydroxyl groups excluding tert-OH is 1. The van der Waals surface area contributed by atoms with Gasteiger partial charge in [-0.2, -0.15) is 0 Å². The van der Waals surface area contributed by atoms with Crippen molar-refractivity contribution in [1.82, 2.24) is 4.98 Å². The van der Waals surface area contributed by atoms with Gasteiger partial charge in [-0.3, -0.25) is 10.1 Å². The zero-order valence-corrected chi connectivity index (χ0v) is 11.6. The van der Waals surface area contributed by atoms with E-state index in [1.807, 2.05) is 0 Å². The summed E-state index contributed by atoms with van der Waals surface area (Å²) in [5, 5.41) is 20.1. The van der Waals surface area contributed by atoms with Gasteiger partial charge in [-0.05, 0) is 30.7 Å². The first-order valence-electron chi connectivity index (χ1n) is 6.12. The van der Waals surface area contributed by atoms with Crippen molar-refractivity contribution in [1.29, 1.82) is 0 Å². The number of aliphatic hydroxyl groups is 1. The van der Waals surface area contributed by atoms with Crippen LogP contribution in [-0.2, 0) is 6.61 Å². The van der Waals surface area contributed by atoms with Crippen molar-refractivity contribution in [3.63, 3.8) is 0 Å². The van der Waals surface area contributed by atoms with Gasteiger partial charge in [-0.25, -0.2) is 4.98 Å².